The van der Waals surface area contributed by atoms with Crippen LogP contribution in [0.5, 0.6) is 0 Å². The Labute approximate surface area is 138 Å². The number of hydrogen-bond acceptors (Lipinski definition) is 2. The standard InChI is InChI=1S/C18H23N2O2P/c1-14(2)19-23(20-18(21)22-4,16-11-6-5-7-12-16)17-13-9-8-10-15(17)3/h5-14,19H,1-4H3. The third-order valence-corrected chi connectivity index (χ3v) is 7.04. The second-order valence-electron chi connectivity index (χ2n) is 5.61. The summed E-state index contributed by atoms with van der Waals surface area (Å²) in [7, 11) is -1.11. The summed E-state index contributed by atoms with van der Waals surface area (Å²) in [4.78, 5) is 12.1. The molecule has 4 nitrogen and oxygen atoms in total. The lowest BCUT2D eigenvalue weighted by atomic mass is 10.2. The zero-order valence-corrected chi connectivity index (χ0v) is 14.9. The first-order valence-corrected chi connectivity index (χ1v) is 9.33. The maximum atomic E-state index is 12.1. The number of nitrogens with zero attached hydrogens (tertiary/aromatic N) is 1. The van der Waals surface area contributed by atoms with Crippen molar-refractivity contribution in [2.75, 3.05) is 7.11 Å². The van der Waals surface area contributed by atoms with Gasteiger partial charge in [0.05, 0.1) is 7.11 Å². The number of aryl methyl sites for hydroxylation is 1. The molecule has 23 heavy (non-hydrogen) atoms. The molecule has 0 spiro atoms. The van der Waals surface area contributed by atoms with E-state index in [-0.39, 0.29) is 6.04 Å². The molecule has 0 aromatic heterocycles. The molecule has 0 aliphatic rings. The summed E-state index contributed by atoms with van der Waals surface area (Å²) >= 11 is 0. The van der Waals surface area contributed by atoms with Crippen LogP contribution < -0.4 is 15.7 Å². The molecule has 0 bridgehead atoms. The number of amides is 1. The molecule has 0 heterocycles. The quantitative estimate of drug-likeness (QED) is 0.867. The third-order valence-electron chi connectivity index (χ3n) is 3.45. The minimum atomic E-state index is -2.47. The number of benzene rings is 2. The molecule has 2 aromatic carbocycles. The second-order valence-corrected chi connectivity index (χ2v) is 8.34. The normalized spacial score (nSPS) is 13.4. The Morgan fingerprint density at radius 3 is 2.26 bits per heavy atom. The fourth-order valence-electron chi connectivity index (χ4n) is 2.53. The Balaban J connectivity index is 2.83. The van der Waals surface area contributed by atoms with Crippen molar-refractivity contribution in [3.8, 4) is 0 Å². The van der Waals surface area contributed by atoms with E-state index in [0.717, 1.165) is 16.2 Å². The van der Waals surface area contributed by atoms with Crippen LogP contribution in [0.15, 0.2) is 59.3 Å². The minimum Gasteiger partial charge on any atom is -0.451 e. The van der Waals surface area contributed by atoms with E-state index in [2.05, 4.69) is 23.7 Å². The Morgan fingerprint density at radius 1 is 1.09 bits per heavy atom. The molecule has 0 radical (unpaired) electrons. The van der Waals surface area contributed by atoms with Gasteiger partial charge in [-0.1, -0.05) is 54.6 Å². The van der Waals surface area contributed by atoms with Gasteiger partial charge < -0.3 is 4.74 Å². The van der Waals surface area contributed by atoms with Crippen molar-refractivity contribution in [1.82, 2.24) is 5.09 Å². The molecular weight excluding hydrogens is 307 g/mol. The van der Waals surface area contributed by atoms with Gasteiger partial charge in [-0.2, -0.15) is 4.74 Å². The van der Waals surface area contributed by atoms with Crippen LogP contribution >= 0.6 is 7.21 Å². The molecule has 5 heteroatoms. The van der Waals surface area contributed by atoms with Crippen LogP contribution in [0.4, 0.5) is 4.79 Å². The molecule has 122 valence electrons. The summed E-state index contributed by atoms with van der Waals surface area (Å²) in [6.07, 6.45) is -0.557. The summed E-state index contributed by atoms with van der Waals surface area (Å²) in [5.74, 6) is 0. The molecule has 2 aromatic rings. The number of methoxy groups -OCH3 is 1. The van der Waals surface area contributed by atoms with E-state index in [1.54, 1.807) is 0 Å². The molecule has 0 saturated carbocycles. The van der Waals surface area contributed by atoms with Crippen LogP contribution in [-0.4, -0.2) is 19.2 Å². The monoisotopic (exact) mass is 330 g/mol. The first kappa shape index (κ1) is 17.5. The predicted octanol–water partition coefficient (Wildman–Crippen LogP) is 3.83. The summed E-state index contributed by atoms with van der Waals surface area (Å²) in [5, 5.41) is 5.63. The van der Waals surface area contributed by atoms with Gasteiger partial charge in [-0.05, 0) is 26.3 Å². The van der Waals surface area contributed by atoms with Crippen molar-refractivity contribution in [3.63, 3.8) is 0 Å². The topological polar surface area (TPSA) is 50.7 Å². The lowest BCUT2D eigenvalue weighted by Crippen LogP contribution is -2.33. The first-order valence-electron chi connectivity index (χ1n) is 7.59. The van der Waals surface area contributed by atoms with E-state index in [1.807, 2.05) is 61.5 Å². The van der Waals surface area contributed by atoms with Crippen LogP contribution in [0, 0.1) is 6.92 Å². The minimum absolute atomic E-state index is 0.163. The van der Waals surface area contributed by atoms with Gasteiger partial charge in [0.2, 0.25) is 0 Å². The van der Waals surface area contributed by atoms with Crippen molar-refractivity contribution in [3.05, 3.63) is 60.2 Å². The van der Waals surface area contributed by atoms with Gasteiger partial charge in [0.25, 0.3) is 0 Å². The molecule has 2 rings (SSSR count). The Bertz CT molecular complexity index is 727. The Morgan fingerprint density at radius 2 is 1.70 bits per heavy atom. The van der Waals surface area contributed by atoms with Crippen LogP contribution in [-0.2, 0) is 4.74 Å². The highest BCUT2D eigenvalue weighted by Crippen LogP contribution is 2.44. The van der Waals surface area contributed by atoms with Crippen molar-refractivity contribution < 1.29 is 9.53 Å². The average molecular weight is 330 g/mol. The van der Waals surface area contributed by atoms with Crippen molar-refractivity contribution in [2.24, 2.45) is 4.74 Å². The smallest absolute Gasteiger partial charge is 0.433 e. The summed E-state index contributed by atoms with van der Waals surface area (Å²) in [6.45, 7) is 6.16. The predicted molar refractivity (Wildman–Crippen MR) is 96.9 cm³/mol. The van der Waals surface area contributed by atoms with Crippen molar-refractivity contribution in [2.45, 2.75) is 26.8 Å². The van der Waals surface area contributed by atoms with Gasteiger partial charge >= 0.3 is 6.09 Å². The SMILES string of the molecule is COC(=O)N=P(NC(C)C)(c1ccccc1)c1ccccc1C. The first-order chi connectivity index (χ1) is 11.0. The Hall–Kier alpha value is -1.90. The summed E-state index contributed by atoms with van der Waals surface area (Å²) in [5.41, 5.74) is 1.10. The highest BCUT2D eigenvalue weighted by Gasteiger charge is 2.28. The number of hydrogen-bond donors (Lipinski definition) is 1. The van der Waals surface area contributed by atoms with Gasteiger partial charge in [0.1, 0.15) is 7.21 Å². The Kier molecular flexibility index (Phi) is 5.75. The van der Waals surface area contributed by atoms with Crippen LogP contribution in [0.25, 0.3) is 0 Å². The van der Waals surface area contributed by atoms with E-state index in [4.69, 9.17) is 4.74 Å². The second kappa shape index (κ2) is 7.58. The number of carbonyl (C=O) groups excluding carboxylic acids is 1. The average Bonchev–Trinajstić information content (AvgIpc) is 2.55. The van der Waals surface area contributed by atoms with E-state index in [1.165, 1.54) is 7.11 Å². The third kappa shape index (κ3) is 3.90. The largest absolute Gasteiger partial charge is 0.451 e. The van der Waals surface area contributed by atoms with Crippen molar-refractivity contribution in [1.29, 1.82) is 0 Å². The zero-order valence-electron chi connectivity index (χ0n) is 14.0. The summed E-state index contributed by atoms with van der Waals surface area (Å²) in [6, 6.07) is 18.2. The van der Waals surface area contributed by atoms with E-state index in [0.29, 0.717) is 0 Å². The highest BCUT2D eigenvalue weighted by atomic mass is 31.2. The molecule has 1 atom stereocenters. The maximum Gasteiger partial charge on any atom is 0.433 e. The van der Waals surface area contributed by atoms with Crippen LogP contribution in [0.3, 0.4) is 0 Å². The maximum absolute atomic E-state index is 12.1. The van der Waals surface area contributed by atoms with Crippen molar-refractivity contribution >= 4 is 23.9 Å². The lowest BCUT2D eigenvalue weighted by Gasteiger charge is -2.29. The molecule has 1 unspecified atom stereocenters. The molecular formula is C18H23N2O2P. The van der Waals surface area contributed by atoms with Crippen LogP contribution in [0.1, 0.15) is 19.4 Å². The molecule has 0 aliphatic carbocycles. The fourth-order valence-corrected chi connectivity index (χ4v) is 5.94. The number of nitrogens with one attached hydrogen (secondary N) is 1. The van der Waals surface area contributed by atoms with E-state index < -0.39 is 13.3 Å². The number of ether oxygens (including phenoxy) is 1. The number of rotatable bonds is 4. The molecule has 0 aliphatic heterocycles. The van der Waals surface area contributed by atoms with E-state index >= 15 is 0 Å². The highest BCUT2D eigenvalue weighted by molar-refractivity contribution is 7.79. The van der Waals surface area contributed by atoms with Gasteiger partial charge in [-0.3, -0.25) is 5.09 Å². The van der Waals surface area contributed by atoms with Crippen LogP contribution in [0.2, 0.25) is 0 Å². The van der Waals surface area contributed by atoms with Gasteiger partial charge in [0.15, 0.2) is 0 Å². The summed E-state index contributed by atoms with van der Waals surface area (Å²) < 4.78 is 9.36. The molecule has 1 amide bonds. The fraction of sp³-hybridized carbons (Fsp3) is 0.278. The molecule has 1 N–H and O–H groups in total. The van der Waals surface area contributed by atoms with Gasteiger partial charge in [-0.15, -0.1) is 0 Å². The van der Waals surface area contributed by atoms with Gasteiger partial charge in [-0.25, -0.2) is 4.79 Å². The molecule has 0 fully saturated rings. The molecule has 0 saturated heterocycles. The van der Waals surface area contributed by atoms with Gasteiger partial charge in [0, 0.05) is 16.7 Å². The lowest BCUT2D eigenvalue weighted by molar-refractivity contribution is 0.183. The van der Waals surface area contributed by atoms with E-state index in [9.17, 15) is 4.79 Å². The zero-order chi connectivity index (χ0) is 16.9. The number of carbonyl (C=O) groups is 1.